The topological polar surface area (TPSA) is 56.7 Å². The predicted octanol–water partition coefficient (Wildman–Crippen LogP) is 2.42. The van der Waals surface area contributed by atoms with Crippen LogP contribution in [0.2, 0.25) is 0 Å². The Bertz CT molecular complexity index is 491. The zero-order chi connectivity index (χ0) is 16.4. The highest BCUT2D eigenvalue weighted by Gasteiger charge is 2.07. The first-order valence-corrected chi connectivity index (χ1v) is 8.79. The number of aliphatic imine (C=N–C) groups is 1. The largest absolute Gasteiger partial charge is 0.357 e. The molecule has 0 unspecified atom stereocenters. The number of carbonyl (C=O) groups excluding carboxylic acids is 1. The van der Waals surface area contributed by atoms with Crippen LogP contribution >= 0.6 is 35.7 Å². The van der Waals surface area contributed by atoms with Crippen LogP contribution in [0, 0.1) is 0 Å². The Morgan fingerprint density at radius 1 is 1.22 bits per heavy atom. The first kappa shape index (κ1) is 22.0. The Balaban J connectivity index is 0.00000484. The molecule has 130 valence electrons. The van der Waals surface area contributed by atoms with E-state index in [0.29, 0.717) is 12.1 Å². The third-order valence-corrected chi connectivity index (χ3v) is 3.58. The van der Waals surface area contributed by atoms with Crippen molar-refractivity contribution < 1.29 is 4.79 Å². The van der Waals surface area contributed by atoms with Gasteiger partial charge < -0.3 is 15.5 Å². The molecule has 1 rings (SSSR count). The highest BCUT2D eigenvalue weighted by atomic mass is 127. The van der Waals surface area contributed by atoms with Gasteiger partial charge >= 0.3 is 0 Å². The number of amides is 1. The van der Waals surface area contributed by atoms with Gasteiger partial charge in [0.1, 0.15) is 0 Å². The molecule has 0 aliphatic heterocycles. The van der Waals surface area contributed by atoms with E-state index in [2.05, 4.69) is 21.9 Å². The molecular weight excluding hydrogens is 423 g/mol. The van der Waals surface area contributed by atoms with Crippen molar-refractivity contribution in [3.8, 4) is 0 Å². The number of nitrogens with zero attached hydrogens (tertiary/aromatic N) is 2. The zero-order valence-corrected chi connectivity index (χ0v) is 17.4. The molecule has 5 nitrogen and oxygen atoms in total. The molecular formula is C16H27IN4OS. The molecule has 23 heavy (non-hydrogen) atoms. The number of hydrogen-bond acceptors (Lipinski definition) is 3. The molecule has 0 aromatic heterocycles. The number of rotatable bonds is 7. The van der Waals surface area contributed by atoms with Crippen molar-refractivity contribution in [2.45, 2.75) is 13.5 Å². The molecule has 0 spiro atoms. The average Bonchev–Trinajstić information content (AvgIpc) is 2.52. The molecule has 1 aromatic carbocycles. The second kappa shape index (κ2) is 12.5. The summed E-state index contributed by atoms with van der Waals surface area (Å²) in [5.41, 5.74) is 1.78. The SMILES string of the molecule is CCNC(=NCc1ccc(C(=O)N(C)C)cc1)NCCSC.I. The maximum Gasteiger partial charge on any atom is 0.253 e. The maximum atomic E-state index is 11.8. The van der Waals surface area contributed by atoms with Crippen LogP contribution in [-0.2, 0) is 6.54 Å². The second-order valence-corrected chi connectivity index (χ2v) is 6.00. The van der Waals surface area contributed by atoms with Crippen LogP contribution in [0.1, 0.15) is 22.8 Å². The minimum atomic E-state index is 0. The normalized spacial score (nSPS) is 10.7. The van der Waals surface area contributed by atoms with Gasteiger partial charge in [-0.2, -0.15) is 11.8 Å². The van der Waals surface area contributed by atoms with Gasteiger partial charge in [-0.25, -0.2) is 4.99 Å². The van der Waals surface area contributed by atoms with E-state index in [1.165, 1.54) is 0 Å². The first-order chi connectivity index (χ1) is 10.6. The smallest absolute Gasteiger partial charge is 0.253 e. The minimum absolute atomic E-state index is 0. The summed E-state index contributed by atoms with van der Waals surface area (Å²) in [5.74, 6) is 1.89. The lowest BCUT2D eigenvalue weighted by atomic mass is 10.1. The van der Waals surface area contributed by atoms with Gasteiger partial charge in [0.2, 0.25) is 0 Å². The van der Waals surface area contributed by atoms with Crippen molar-refractivity contribution in [1.82, 2.24) is 15.5 Å². The Labute approximate surface area is 160 Å². The third kappa shape index (κ3) is 8.45. The lowest BCUT2D eigenvalue weighted by Gasteiger charge is -2.11. The van der Waals surface area contributed by atoms with Crippen LogP contribution in [0.4, 0.5) is 0 Å². The van der Waals surface area contributed by atoms with Gasteiger partial charge in [-0.05, 0) is 30.9 Å². The second-order valence-electron chi connectivity index (χ2n) is 5.01. The molecule has 0 saturated heterocycles. The molecule has 1 aromatic rings. The molecule has 0 aliphatic rings. The van der Waals surface area contributed by atoms with Gasteiger partial charge in [0.15, 0.2) is 5.96 Å². The summed E-state index contributed by atoms with van der Waals surface area (Å²) in [5, 5.41) is 6.52. The van der Waals surface area contributed by atoms with E-state index in [0.717, 1.165) is 30.4 Å². The molecule has 0 heterocycles. The van der Waals surface area contributed by atoms with Crippen molar-refractivity contribution in [3.63, 3.8) is 0 Å². The zero-order valence-electron chi connectivity index (χ0n) is 14.3. The summed E-state index contributed by atoms with van der Waals surface area (Å²) in [4.78, 5) is 18.0. The van der Waals surface area contributed by atoms with Crippen LogP contribution < -0.4 is 10.6 Å². The van der Waals surface area contributed by atoms with Gasteiger partial charge in [0.25, 0.3) is 5.91 Å². The molecule has 0 saturated carbocycles. The number of nitrogens with one attached hydrogen (secondary N) is 2. The summed E-state index contributed by atoms with van der Waals surface area (Å²) in [6, 6.07) is 7.60. The fraction of sp³-hybridized carbons (Fsp3) is 0.500. The van der Waals surface area contributed by atoms with E-state index in [1.54, 1.807) is 30.8 Å². The van der Waals surface area contributed by atoms with Gasteiger partial charge in [-0.15, -0.1) is 24.0 Å². The van der Waals surface area contributed by atoms with Crippen LogP contribution in [0.3, 0.4) is 0 Å². The Morgan fingerprint density at radius 2 is 1.87 bits per heavy atom. The van der Waals surface area contributed by atoms with Gasteiger partial charge in [0, 0.05) is 38.5 Å². The third-order valence-electron chi connectivity index (χ3n) is 2.97. The number of carbonyl (C=O) groups is 1. The molecule has 1 amide bonds. The summed E-state index contributed by atoms with van der Waals surface area (Å²) in [6.45, 7) is 4.36. The summed E-state index contributed by atoms with van der Waals surface area (Å²) >= 11 is 1.80. The number of halogens is 1. The van der Waals surface area contributed by atoms with Crippen LogP contribution in [0.15, 0.2) is 29.3 Å². The van der Waals surface area contributed by atoms with Crippen molar-refractivity contribution >= 4 is 47.6 Å². The molecule has 0 radical (unpaired) electrons. The summed E-state index contributed by atoms with van der Waals surface area (Å²) in [7, 11) is 3.51. The van der Waals surface area contributed by atoms with Gasteiger partial charge in [-0.3, -0.25) is 4.79 Å². The van der Waals surface area contributed by atoms with Gasteiger partial charge in [-0.1, -0.05) is 12.1 Å². The quantitative estimate of drug-likeness (QED) is 0.290. The summed E-state index contributed by atoms with van der Waals surface area (Å²) in [6.07, 6.45) is 2.09. The lowest BCUT2D eigenvalue weighted by molar-refractivity contribution is 0.0827. The highest BCUT2D eigenvalue weighted by molar-refractivity contribution is 14.0. The van der Waals surface area contributed by atoms with E-state index in [1.807, 2.05) is 31.2 Å². The molecule has 0 fully saturated rings. The van der Waals surface area contributed by atoms with Crippen LogP contribution in [0.25, 0.3) is 0 Å². The van der Waals surface area contributed by atoms with E-state index < -0.39 is 0 Å². The van der Waals surface area contributed by atoms with Crippen molar-refractivity contribution in [2.24, 2.45) is 4.99 Å². The lowest BCUT2D eigenvalue weighted by Crippen LogP contribution is -2.38. The molecule has 2 N–H and O–H groups in total. The Morgan fingerprint density at radius 3 is 2.39 bits per heavy atom. The Hall–Kier alpha value is -0.960. The molecule has 0 bridgehead atoms. The van der Waals surface area contributed by atoms with E-state index in [-0.39, 0.29) is 29.9 Å². The van der Waals surface area contributed by atoms with E-state index in [4.69, 9.17) is 0 Å². The fourth-order valence-corrected chi connectivity index (χ4v) is 2.10. The average molecular weight is 450 g/mol. The number of thioether (sulfide) groups is 1. The maximum absolute atomic E-state index is 11.8. The molecule has 7 heteroatoms. The van der Waals surface area contributed by atoms with Crippen molar-refractivity contribution in [3.05, 3.63) is 35.4 Å². The summed E-state index contributed by atoms with van der Waals surface area (Å²) < 4.78 is 0. The van der Waals surface area contributed by atoms with Crippen molar-refractivity contribution in [2.75, 3.05) is 39.2 Å². The van der Waals surface area contributed by atoms with Crippen LogP contribution in [0.5, 0.6) is 0 Å². The molecule has 0 atom stereocenters. The number of benzene rings is 1. The first-order valence-electron chi connectivity index (χ1n) is 7.40. The molecule has 0 aliphatic carbocycles. The van der Waals surface area contributed by atoms with Gasteiger partial charge in [0.05, 0.1) is 6.54 Å². The Kier molecular flexibility index (Phi) is 11.9. The minimum Gasteiger partial charge on any atom is -0.357 e. The van der Waals surface area contributed by atoms with E-state index >= 15 is 0 Å². The van der Waals surface area contributed by atoms with Crippen LogP contribution in [-0.4, -0.2) is 56.0 Å². The monoisotopic (exact) mass is 450 g/mol. The predicted molar refractivity (Wildman–Crippen MR) is 111 cm³/mol. The highest BCUT2D eigenvalue weighted by Crippen LogP contribution is 2.07. The number of hydrogen-bond donors (Lipinski definition) is 2. The van der Waals surface area contributed by atoms with Crippen molar-refractivity contribution in [1.29, 1.82) is 0 Å². The van der Waals surface area contributed by atoms with E-state index in [9.17, 15) is 4.79 Å². The standard InChI is InChI=1S/C16H26N4OS.HI/c1-5-17-16(18-10-11-22-4)19-12-13-6-8-14(9-7-13)15(21)20(2)3;/h6-9H,5,10-12H2,1-4H3,(H2,17,18,19);1H. The fourth-order valence-electron chi connectivity index (χ4n) is 1.79. The number of guanidine groups is 1.